The first-order valence-electron chi connectivity index (χ1n) is 4.77. The lowest BCUT2D eigenvalue weighted by Crippen LogP contribution is -1.97. The Kier molecular flexibility index (Phi) is 3.87. The largest absolute Gasteiger partial charge is 0.293 e. The summed E-state index contributed by atoms with van der Waals surface area (Å²) < 4.78 is 0. The summed E-state index contributed by atoms with van der Waals surface area (Å²) in [6, 6.07) is 9.35. The predicted molar refractivity (Wildman–Crippen MR) is 55.0 cm³/mol. The van der Waals surface area contributed by atoms with Crippen LogP contribution in [0.15, 0.2) is 24.3 Å². The van der Waals surface area contributed by atoms with Crippen LogP contribution in [0.25, 0.3) is 0 Å². The number of hydrogen-bond acceptors (Lipinski definition) is 2. The SMILES string of the molecule is CCCc1ccc(C(=O)CC#N)cc1. The molecular formula is C12H13NO. The van der Waals surface area contributed by atoms with E-state index in [9.17, 15) is 4.79 Å². The molecule has 2 heteroatoms. The van der Waals surface area contributed by atoms with Crippen molar-refractivity contribution < 1.29 is 4.79 Å². The van der Waals surface area contributed by atoms with Crippen LogP contribution in [-0.4, -0.2) is 5.78 Å². The Morgan fingerprint density at radius 2 is 2.00 bits per heavy atom. The van der Waals surface area contributed by atoms with Gasteiger partial charge in [0.15, 0.2) is 5.78 Å². The van der Waals surface area contributed by atoms with Crippen molar-refractivity contribution in [3.05, 3.63) is 35.4 Å². The summed E-state index contributed by atoms with van der Waals surface area (Å²) in [5.74, 6) is -0.101. The number of ketones is 1. The Bertz CT molecular complexity index is 346. The highest BCUT2D eigenvalue weighted by molar-refractivity contribution is 5.97. The van der Waals surface area contributed by atoms with Crippen molar-refractivity contribution in [3.63, 3.8) is 0 Å². The second-order valence-electron chi connectivity index (χ2n) is 3.20. The van der Waals surface area contributed by atoms with Gasteiger partial charge in [0.05, 0.1) is 12.5 Å². The predicted octanol–water partition coefficient (Wildman–Crippen LogP) is 2.74. The van der Waals surface area contributed by atoms with Crippen molar-refractivity contribution in [1.29, 1.82) is 5.26 Å². The first-order chi connectivity index (χ1) is 6.77. The number of carbonyl (C=O) groups is 1. The molecule has 1 rings (SSSR count). The molecule has 0 radical (unpaired) electrons. The summed E-state index contributed by atoms with van der Waals surface area (Å²) in [6.07, 6.45) is 2.10. The summed E-state index contributed by atoms with van der Waals surface area (Å²) in [7, 11) is 0. The Hall–Kier alpha value is -1.62. The maximum atomic E-state index is 11.3. The van der Waals surface area contributed by atoms with E-state index in [0.29, 0.717) is 5.56 Å². The minimum Gasteiger partial charge on any atom is -0.293 e. The smallest absolute Gasteiger partial charge is 0.176 e. The zero-order chi connectivity index (χ0) is 10.4. The average molecular weight is 187 g/mol. The molecule has 14 heavy (non-hydrogen) atoms. The first kappa shape index (κ1) is 10.5. The molecule has 72 valence electrons. The number of nitriles is 1. The van der Waals surface area contributed by atoms with Gasteiger partial charge in [-0.15, -0.1) is 0 Å². The van der Waals surface area contributed by atoms with Crippen LogP contribution in [0.5, 0.6) is 0 Å². The molecule has 0 unspecified atom stereocenters. The summed E-state index contributed by atoms with van der Waals surface area (Å²) in [4.78, 5) is 11.3. The third kappa shape index (κ3) is 2.70. The molecule has 0 aromatic heterocycles. The molecular weight excluding hydrogens is 174 g/mol. The van der Waals surface area contributed by atoms with E-state index in [4.69, 9.17) is 5.26 Å². The Labute approximate surface area is 84.2 Å². The van der Waals surface area contributed by atoms with E-state index in [0.717, 1.165) is 12.8 Å². The van der Waals surface area contributed by atoms with E-state index in [1.54, 1.807) is 12.1 Å². The monoisotopic (exact) mass is 187 g/mol. The molecule has 2 nitrogen and oxygen atoms in total. The lowest BCUT2D eigenvalue weighted by molar-refractivity contribution is 0.0997. The molecule has 0 atom stereocenters. The van der Waals surface area contributed by atoms with Gasteiger partial charge >= 0.3 is 0 Å². The summed E-state index contributed by atoms with van der Waals surface area (Å²) in [6.45, 7) is 2.12. The van der Waals surface area contributed by atoms with Gasteiger partial charge in [-0.25, -0.2) is 0 Å². The van der Waals surface area contributed by atoms with Crippen LogP contribution in [0.4, 0.5) is 0 Å². The molecule has 0 aliphatic rings. The van der Waals surface area contributed by atoms with Gasteiger partial charge in [0, 0.05) is 5.56 Å². The molecule has 0 amide bonds. The van der Waals surface area contributed by atoms with Crippen molar-refractivity contribution >= 4 is 5.78 Å². The van der Waals surface area contributed by atoms with E-state index in [2.05, 4.69) is 6.92 Å². The standard InChI is InChI=1S/C12H13NO/c1-2-3-10-4-6-11(7-5-10)12(14)8-9-13/h4-7H,2-3,8H2,1H3. The summed E-state index contributed by atoms with van der Waals surface area (Å²) in [5.41, 5.74) is 1.87. The maximum absolute atomic E-state index is 11.3. The highest BCUT2D eigenvalue weighted by Crippen LogP contribution is 2.08. The topological polar surface area (TPSA) is 40.9 Å². The fraction of sp³-hybridized carbons (Fsp3) is 0.333. The number of carbonyl (C=O) groups excluding carboxylic acids is 1. The van der Waals surface area contributed by atoms with Crippen molar-refractivity contribution in [3.8, 4) is 6.07 Å². The van der Waals surface area contributed by atoms with Crippen molar-refractivity contribution in [2.24, 2.45) is 0 Å². The molecule has 0 N–H and O–H groups in total. The number of Topliss-reactive ketones (excluding diaryl/α,β-unsaturated/α-hetero) is 1. The Morgan fingerprint density at radius 3 is 2.50 bits per heavy atom. The first-order valence-corrected chi connectivity index (χ1v) is 4.77. The van der Waals surface area contributed by atoms with Gasteiger partial charge in [-0.1, -0.05) is 37.6 Å². The van der Waals surface area contributed by atoms with E-state index < -0.39 is 0 Å². The van der Waals surface area contributed by atoms with Gasteiger partial charge in [0.2, 0.25) is 0 Å². The number of aryl methyl sites for hydroxylation is 1. The van der Waals surface area contributed by atoms with E-state index in [1.165, 1.54) is 5.56 Å². The number of nitrogens with zero attached hydrogens (tertiary/aromatic N) is 1. The van der Waals surface area contributed by atoms with Crippen LogP contribution >= 0.6 is 0 Å². The minimum absolute atomic E-state index is 0.0346. The minimum atomic E-state index is -0.101. The Morgan fingerprint density at radius 1 is 1.36 bits per heavy atom. The van der Waals surface area contributed by atoms with Gasteiger partial charge in [-0.2, -0.15) is 5.26 Å². The van der Waals surface area contributed by atoms with Crippen LogP contribution in [0, 0.1) is 11.3 Å². The second kappa shape index (κ2) is 5.18. The molecule has 0 spiro atoms. The van der Waals surface area contributed by atoms with Gasteiger partial charge < -0.3 is 0 Å². The molecule has 1 aromatic rings. The van der Waals surface area contributed by atoms with E-state index in [1.807, 2.05) is 18.2 Å². The average Bonchev–Trinajstić information content (AvgIpc) is 2.20. The van der Waals surface area contributed by atoms with Crippen molar-refractivity contribution in [2.75, 3.05) is 0 Å². The number of hydrogen-bond donors (Lipinski definition) is 0. The third-order valence-corrected chi connectivity index (χ3v) is 2.05. The third-order valence-electron chi connectivity index (χ3n) is 2.05. The molecule has 0 saturated carbocycles. The fourth-order valence-corrected chi connectivity index (χ4v) is 1.32. The summed E-state index contributed by atoms with van der Waals surface area (Å²) >= 11 is 0. The van der Waals surface area contributed by atoms with E-state index >= 15 is 0 Å². The van der Waals surface area contributed by atoms with Crippen LogP contribution in [0.1, 0.15) is 35.7 Å². The van der Waals surface area contributed by atoms with Crippen LogP contribution in [-0.2, 0) is 6.42 Å². The zero-order valence-corrected chi connectivity index (χ0v) is 8.29. The lowest BCUT2D eigenvalue weighted by Gasteiger charge is -2.00. The normalized spacial score (nSPS) is 9.43. The van der Waals surface area contributed by atoms with Crippen molar-refractivity contribution in [1.82, 2.24) is 0 Å². The molecule has 0 aliphatic heterocycles. The molecule has 0 heterocycles. The number of benzene rings is 1. The highest BCUT2D eigenvalue weighted by atomic mass is 16.1. The van der Waals surface area contributed by atoms with E-state index in [-0.39, 0.29) is 12.2 Å². The second-order valence-corrected chi connectivity index (χ2v) is 3.20. The van der Waals surface area contributed by atoms with Crippen LogP contribution in [0.3, 0.4) is 0 Å². The Balaban J connectivity index is 2.73. The maximum Gasteiger partial charge on any atom is 0.176 e. The molecule has 0 bridgehead atoms. The quantitative estimate of drug-likeness (QED) is 0.680. The van der Waals surface area contributed by atoms with Gasteiger partial charge in [-0.05, 0) is 12.0 Å². The molecule has 0 aliphatic carbocycles. The van der Waals surface area contributed by atoms with Crippen LogP contribution in [0.2, 0.25) is 0 Å². The van der Waals surface area contributed by atoms with Gasteiger partial charge in [-0.3, -0.25) is 4.79 Å². The molecule has 0 fully saturated rings. The van der Waals surface area contributed by atoms with Gasteiger partial charge in [0.1, 0.15) is 0 Å². The molecule has 0 saturated heterocycles. The highest BCUT2D eigenvalue weighted by Gasteiger charge is 2.03. The zero-order valence-electron chi connectivity index (χ0n) is 8.29. The van der Waals surface area contributed by atoms with Crippen molar-refractivity contribution in [2.45, 2.75) is 26.2 Å². The lowest BCUT2D eigenvalue weighted by atomic mass is 10.0. The van der Waals surface area contributed by atoms with Crippen LogP contribution < -0.4 is 0 Å². The fourth-order valence-electron chi connectivity index (χ4n) is 1.32. The summed E-state index contributed by atoms with van der Waals surface area (Å²) in [5, 5.41) is 8.37. The number of rotatable bonds is 4. The van der Waals surface area contributed by atoms with Gasteiger partial charge in [0.25, 0.3) is 0 Å². The molecule has 1 aromatic carbocycles.